The van der Waals surface area contributed by atoms with Crippen molar-refractivity contribution >= 4 is 0 Å². The van der Waals surface area contributed by atoms with E-state index >= 15 is 0 Å². The zero-order valence-electron chi connectivity index (χ0n) is 19.1. The number of nitrogens with one attached hydrogen (secondary N) is 1. The molecule has 2 heterocycles. The predicted octanol–water partition coefficient (Wildman–Crippen LogP) is 6.44. The van der Waals surface area contributed by atoms with Crippen molar-refractivity contribution < 1.29 is 0 Å². The molecule has 150 valence electrons. The van der Waals surface area contributed by atoms with Crippen LogP contribution in [-0.2, 0) is 21.7 Å². The van der Waals surface area contributed by atoms with E-state index in [0.29, 0.717) is 0 Å². The van der Waals surface area contributed by atoms with E-state index in [9.17, 15) is 0 Å². The van der Waals surface area contributed by atoms with Crippen molar-refractivity contribution in [1.29, 1.82) is 0 Å². The molecule has 1 N–H and O–H groups in total. The normalized spacial score (nSPS) is 13.9. The van der Waals surface area contributed by atoms with Crippen molar-refractivity contribution in [1.82, 2.24) is 15.0 Å². The summed E-state index contributed by atoms with van der Waals surface area (Å²) in [5, 5.41) is 0. The molecule has 0 saturated heterocycles. The van der Waals surface area contributed by atoms with Gasteiger partial charge in [-0.1, -0.05) is 69.2 Å². The first-order valence-corrected chi connectivity index (χ1v) is 10.2. The Morgan fingerprint density at radius 3 is 1.81 bits per heavy atom. The van der Waals surface area contributed by atoms with Crippen LogP contribution >= 0.6 is 0 Å². The summed E-state index contributed by atoms with van der Waals surface area (Å²) in [4.78, 5) is 13.0. The molecule has 0 spiro atoms. The minimum Gasteiger partial charge on any atom is -0.348 e. The van der Waals surface area contributed by atoms with Gasteiger partial charge in [0, 0.05) is 34.3 Å². The van der Waals surface area contributed by atoms with Crippen molar-refractivity contribution in [2.45, 2.75) is 104 Å². The highest BCUT2D eigenvalue weighted by atomic mass is 14.9. The zero-order valence-corrected chi connectivity index (χ0v) is 19.1. The van der Waals surface area contributed by atoms with Gasteiger partial charge in [-0.2, -0.15) is 0 Å². The molecule has 0 atom stereocenters. The fourth-order valence-electron chi connectivity index (χ4n) is 3.20. The van der Waals surface area contributed by atoms with Crippen molar-refractivity contribution in [3.8, 4) is 0 Å². The molecule has 0 aliphatic carbocycles. The monoisotopic (exact) mass is 369 g/mol. The number of pyridine rings is 1. The number of rotatable bonds is 5. The van der Waals surface area contributed by atoms with Crippen LogP contribution in [0.3, 0.4) is 0 Å². The number of nitrogens with zero attached hydrogens (tertiary/aromatic N) is 2. The van der Waals surface area contributed by atoms with Gasteiger partial charge in [-0.05, 0) is 36.0 Å². The van der Waals surface area contributed by atoms with Crippen molar-refractivity contribution in [3.05, 3.63) is 47.3 Å². The summed E-state index contributed by atoms with van der Waals surface area (Å²) in [5.74, 6) is 1.06. The van der Waals surface area contributed by atoms with E-state index < -0.39 is 0 Å². The summed E-state index contributed by atoms with van der Waals surface area (Å²) in [6, 6.07) is 4.43. The fourth-order valence-corrected chi connectivity index (χ4v) is 3.20. The molecule has 2 rings (SSSR count). The number of hydrogen-bond donors (Lipinski definition) is 1. The number of aromatic amines is 1. The highest BCUT2D eigenvalue weighted by Crippen LogP contribution is 2.36. The Bertz CT molecular complexity index is 767. The lowest BCUT2D eigenvalue weighted by molar-refractivity contribution is 0.363. The Balaban J connectivity index is 2.17. The number of hydrogen-bond acceptors (Lipinski definition) is 2. The van der Waals surface area contributed by atoms with E-state index in [2.05, 4.69) is 92.6 Å². The summed E-state index contributed by atoms with van der Waals surface area (Å²) in [5.41, 5.74) is 3.93. The van der Waals surface area contributed by atoms with Gasteiger partial charge in [0.15, 0.2) is 0 Å². The Hall–Kier alpha value is -1.64. The Morgan fingerprint density at radius 1 is 0.778 bits per heavy atom. The molecule has 27 heavy (non-hydrogen) atoms. The third-order valence-corrected chi connectivity index (χ3v) is 5.68. The third-order valence-electron chi connectivity index (χ3n) is 5.68. The van der Waals surface area contributed by atoms with E-state index in [-0.39, 0.29) is 21.7 Å². The molecule has 0 aliphatic rings. The molecule has 0 radical (unpaired) electrons. The molecule has 0 saturated carbocycles. The molecule has 2 aromatic rings. The second-order valence-corrected chi connectivity index (χ2v) is 11.3. The lowest BCUT2D eigenvalue weighted by Crippen LogP contribution is -2.26. The number of imidazole rings is 1. The van der Waals surface area contributed by atoms with Crippen molar-refractivity contribution in [2.24, 2.45) is 0 Å². The van der Waals surface area contributed by atoms with E-state index in [1.807, 2.05) is 6.20 Å². The highest BCUT2D eigenvalue weighted by Gasteiger charge is 2.31. The standard InChI is InChI=1S/C24H39N3/c1-21(2,3)17-11-14-25-18(15-17)23(7,8)12-13-24(9,10)19-16-26-20(27-19)22(4,5)6/h11,14-16H,12-13H2,1-10H3,(H,26,27). The molecular formula is C24H39N3. The van der Waals surface area contributed by atoms with Crippen LogP contribution in [0, 0.1) is 0 Å². The maximum Gasteiger partial charge on any atom is 0.111 e. The predicted molar refractivity (Wildman–Crippen MR) is 116 cm³/mol. The van der Waals surface area contributed by atoms with Crippen LogP contribution in [0.1, 0.15) is 105 Å². The van der Waals surface area contributed by atoms with E-state index in [1.54, 1.807) is 0 Å². The first kappa shape index (κ1) is 21.7. The quantitative estimate of drug-likeness (QED) is 0.659. The van der Waals surface area contributed by atoms with E-state index in [4.69, 9.17) is 9.97 Å². The van der Waals surface area contributed by atoms with Crippen LogP contribution in [0.5, 0.6) is 0 Å². The third kappa shape index (κ3) is 5.21. The molecule has 0 unspecified atom stereocenters. The largest absolute Gasteiger partial charge is 0.348 e. The summed E-state index contributed by atoms with van der Waals surface area (Å²) < 4.78 is 0. The Morgan fingerprint density at radius 2 is 1.33 bits per heavy atom. The first-order chi connectivity index (χ1) is 12.1. The summed E-state index contributed by atoms with van der Waals surface area (Å²) >= 11 is 0. The Labute approximate surface area is 166 Å². The minimum absolute atomic E-state index is 0.0267. The van der Waals surface area contributed by atoms with Gasteiger partial charge in [0.25, 0.3) is 0 Å². The topological polar surface area (TPSA) is 41.6 Å². The van der Waals surface area contributed by atoms with E-state index in [0.717, 1.165) is 24.4 Å². The van der Waals surface area contributed by atoms with Crippen molar-refractivity contribution in [3.63, 3.8) is 0 Å². The molecule has 0 aromatic carbocycles. The van der Waals surface area contributed by atoms with Crippen LogP contribution in [0.15, 0.2) is 24.5 Å². The maximum atomic E-state index is 4.90. The van der Waals surface area contributed by atoms with Crippen molar-refractivity contribution in [2.75, 3.05) is 0 Å². The highest BCUT2D eigenvalue weighted by molar-refractivity contribution is 5.27. The lowest BCUT2D eigenvalue weighted by Gasteiger charge is -2.31. The number of H-pyrrole nitrogens is 1. The Kier molecular flexibility index (Phi) is 5.67. The van der Waals surface area contributed by atoms with Crippen LogP contribution < -0.4 is 0 Å². The van der Waals surface area contributed by atoms with Gasteiger partial charge >= 0.3 is 0 Å². The van der Waals surface area contributed by atoms with Gasteiger partial charge in [0.2, 0.25) is 0 Å². The van der Waals surface area contributed by atoms with Gasteiger partial charge in [0.1, 0.15) is 5.82 Å². The van der Waals surface area contributed by atoms with Gasteiger partial charge in [-0.3, -0.25) is 4.98 Å². The van der Waals surface area contributed by atoms with Crippen LogP contribution in [0.4, 0.5) is 0 Å². The molecule has 0 amide bonds. The fraction of sp³-hybridized carbons (Fsp3) is 0.667. The van der Waals surface area contributed by atoms with Gasteiger partial charge in [-0.25, -0.2) is 4.98 Å². The lowest BCUT2D eigenvalue weighted by atomic mass is 9.75. The average Bonchev–Trinajstić information content (AvgIpc) is 3.04. The first-order valence-electron chi connectivity index (χ1n) is 10.2. The SMILES string of the molecule is CC(C)(C)c1ccnc(C(C)(C)CCC(C)(C)c2c[nH]c(C(C)(C)C)n2)c1. The minimum atomic E-state index is 0.0267. The average molecular weight is 370 g/mol. The van der Waals surface area contributed by atoms with E-state index in [1.165, 1.54) is 11.3 Å². The van der Waals surface area contributed by atoms with Crippen LogP contribution in [-0.4, -0.2) is 15.0 Å². The molecular weight excluding hydrogens is 330 g/mol. The van der Waals surface area contributed by atoms with Crippen LogP contribution in [0.25, 0.3) is 0 Å². The maximum absolute atomic E-state index is 4.90. The van der Waals surface area contributed by atoms with Gasteiger partial charge in [-0.15, -0.1) is 0 Å². The summed E-state index contributed by atoms with van der Waals surface area (Å²) in [6.07, 6.45) is 6.19. The molecule has 3 nitrogen and oxygen atoms in total. The number of aromatic nitrogens is 3. The smallest absolute Gasteiger partial charge is 0.111 e. The molecule has 0 aliphatic heterocycles. The molecule has 3 heteroatoms. The summed E-state index contributed by atoms with van der Waals surface area (Å²) in [6.45, 7) is 22.6. The second-order valence-electron chi connectivity index (χ2n) is 11.3. The zero-order chi connectivity index (χ0) is 20.7. The molecule has 0 bridgehead atoms. The van der Waals surface area contributed by atoms with Gasteiger partial charge in [0.05, 0.1) is 5.69 Å². The summed E-state index contributed by atoms with van der Waals surface area (Å²) in [7, 11) is 0. The second kappa shape index (κ2) is 7.07. The van der Waals surface area contributed by atoms with Crippen LogP contribution in [0.2, 0.25) is 0 Å². The molecule has 0 fully saturated rings. The molecule has 2 aromatic heterocycles. The van der Waals surface area contributed by atoms with Gasteiger partial charge < -0.3 is 4.98 Å².